The zero-order chi connectivity index (χ0) is 7.56. The molecule has 1 N–H and O–H groups in total. The van der Waals surface area contributed by atoms with Crippen LogP contribution in [0.1, 0.15) is 16.6 Å². The third kappa shape index (κ3) is 1.36. The highest BCUT2D eigenvalue weighted by Gasteiger charge is 2.01. The van der Waals surface area contributed by atoms with Crippen molar-refractivity contribution >= 4 is 22.8 Å². The Morgan fingerprint density at radius 2 is 2.40 bits per heavy atom. The van der Waals surface area contributed by atoms with Crippen molar-refractivity contribution in [2.45, 2.75) is 6.92 Å². The molecular weight excluding hydrogens is 146 g/mol. The van der Waals surface area contributed by atoms with Gasteiger partial charge in [0, 0.05) is 18.1 Å². The number of ketones is 1. The average molecular weight is 155 g/mol. The van der Waals surface area contributed by atoms with Gasteiger partial charge in [0.1, 0.15) is 0 Å². The van der Waals surface area contributed by atoms with E-state index in [2.05, 4.69) is 5.32 Å². The SMILES string of the molecule is CNc1csc(C(C)=O)c1. The molecule has 0 aliphatic carbocycles. The summed E-state index contributed by atoms with van der Waals surface area (Å²) >= 11 is 1.47. The number of rotatable bonds is 2. The van der Waals surface area contributed by atoms with Crippen LogP contribution in [-0.2, 0) is 0 Å². The van der Waals surface area contributed by atoms with Crippen LogP contribution in [-0.4, -0.2) is 12.8 Å². The lowest BCUT2D eigenvalue weighted by Crippen LogP contribution is -1.86. The van der Waals surface area contributed by atoms with E-state index in [0.717, 1.165) is 10.6 Å². The molecule has 1 aromatic rings. The number of hydrogen-bond donors (Lipinski definition) is 1. The molecule has 0 aliphatic rings. The predicted molar refractivity (Wildman–Crippen MR) is 43.9 cm³/mol. The molecule has 3 heteroatoms. The van der Waals surface area contributed by atoms with E-state index in [1.165, 1.54) is 11.3 Å². The zero-order valence-corrected chi connectivity index (χ0v) is 6.79. The zero-order valence-electron chi connectivity index (χ0n) is 5.97. The minimum absolute atomic E-state index is 0.131. The topological polar surface area (TPSA) is 29.1 Å². The van der Waals surface area contributed by atoms with Crippen molar-refractivity contribution in [3.8, 4) is 0 Å². The van der Waals surface area contributed by atoms with E-state index in [1.807, 2.05) is 18.5 Å². The lowest BCUT2D eigenvalue weighted by molar-refractivity contribution is 0.102. The molecule has 1 aromatic heterocycles. The molecule has 1 rings (SSSR count). The first-order chi connectivity index (χ1) is 4.74. The summed E-state index contributed by atoms with van der Waals surface area (Å²) in [5, 5.41) is 4.89. The second-order valence-electron chi connectivity index (χ2n) is 2.01. The number of thiophene rings is 1. The lowest BCUT2D eigenvalue weighted by Gasteiger charge is -1.88. The fourth-order valence-corrected chi connectivity index (χ4v) is 1.45. The van der Waals surface area contributed by atoms with Gasteiger partial charge >= 0.3 is 0 Å². The molecule has 1 heterocycles. The van der Waals surface area contributed by atoms with Crippen LogP contribution in [0.25, 0.3) is 0 Å². The van der Waals surface area contributed by atoms with Gasteiger partial charge in [-0.25, -0.2) is 0 Å². The molecule has 0 saturated heterocycles. The van der Waals surface area contributed by atoms with Gasteiger partial charge in [-0.3, -0.25) is 4.79 Å². The van der Waals surface area contributed by atoms with Crippen LogP contribution in [0.2, 0.25) is 0 Å². The van der Waals surface area contributed by atoms with Crippen LogP contribution in [0.3, 0.4) is 0 Å². The number of hydrogen-bond acceptors (Lipinski definition) is 3. The molecule has 0 amide bonds. The maximum atomic E-state index is 10.8. The Morgan fingerprint density at radius 1 is 1.70 bits per heavy atom. The smallest absolute Gasteiger partial charge is 0.169 e. The molecule has 0 radical (unpaired) electrons. The van der Waals surface area contributed by atoms with E-state index in [1.54, 1.807) is 6.92 Å². The highest BCUT2D eigenvalue weighted by Crippen LogP contribution is 2.18. The summed E-state index contributed by atoms with van der Waals surface area (Å²) in [6.45, 7) is 1.57. The van der Waals surface area contributed by atoms with Gasteiger partial charge < -0.3 is 5.32 Å². The molecule has 0 bridgehead atoms. The Hall–Kier alpha value is -0.830. The summed E-state index contributed by atoms with van der Waals surface area (Å²) in [5.41, 5.74) is 1.01. The van der Waals surface area contributed by atoms with Gasteiger partial charge in [-0.1, -0.05) is 0 Å². The van der Waals surface area contributed by atoms with E-state index < -0.39 is 0 Å². The highest BCUT2D eigenvalue weighted by atomic mass is 32.1. The van der Waals surface area contributed by atoms with E-state index in [-0.39, 0.29) is 5.78 Å². The van der Waals surface area contributed by atoms with E-state index in [0.29, 0.717) is 0 Å². The number of nitrogens with one attached hydrogen (secondary N) is 1. The maximum absolute atomic E-state index is 10.8. The van der Waals surface area contributed by atoms with E-state index in [4.69, 9.17) is 0 Å². The summed E-state index contributed by atoms with van der Waals surface area (Å²) < 4.78 is 0. The highest BCUT2D eigenvalue weighted by molar-refractivity contribution is 7.12. The van der Waals surface area contributed by atoms with Crippen LogP contribution in [0.5, 0.6) is 0 Å². The van der Waals surface area contributed by atoms with Gasteiger partial charge in [-0.15, -0.1) is 11.3 Å². The summed E-state index contributed by atoms with van der Waals surface area (Å²) in [6.07, 6.45) is 0. The molecule has 2 nitrogen and oxygen atoms in total. The number of carbonyl (C=O) groups excluding carboxylic acids is 1. The Labute approximate surface area is 63.9 Å². The fourth-order valence-electron chi connectivity index (χ4n) is 0.652. The molecule has 10 heavy (non-hydrogen) atoms. The predicted octanol–water partition coefficient (Wildman–Crippen LogP) is 1.99. The van der Waals surface area contributed by atoms with E-state index in [9.17, 15) is 4.79 Å². The van der Waals surface area contributed by atoms with Crippen molar-refractivity contribution in [2.75, 3.05) is 12.4 Å². The third-order valence-electron chi connectivity index (χ3n) is 1.24. The molecule has 0 saturated carbocycles. The summed E-state index contributed by atoms with van der Waals surface area (Å²) in [7, 11) is 1.84. The molecule has 54 valence electrons. The van der Waals surface area contributed by atoms with Crippen molar-refractivity contribution in [1.82, 2.24) is 0 Å². The molecular formula is C7H9NOS. The van der Waals surface area contributed by atoms with E-state index >= 15 is 0 Å². The van der Waals surface area contributed by atoms with Crippen molar-refractivity contribution in [2.24, 2.45) is 0 Å². The van der Waals surface area contributed by atoms with Gasteiger partial charge in [-0.2, -0.15) is 0 Å². The Bertz CT molecular complexity index is 242. The Balaban J connectivity index is 2.88. The van der Waals surface area contributed by atoms with Crippen molar-refractivity contribution in [3.05, 3.63) is 16.3 Å². The normalized spacial score (nSPS) is 9.40. The number of carbonyl (C=O) groups is 1. The van der Waals surface area contributed by atoms with Gasteiger partial charge in [0.2, 0.25) is 0 Å². The number of Topliss-reactive ketones (excluding diaryl/α,β-unsaturated/α-hetero) is 1. The number of anilines is 1. The van der Waals surface area contributed by atoms with Crippen LogP contribution < -0.4 is 5.32 Å². The minimum atomic E-state index is 0.131. The second kappa shape index (κ2) is 2.84. The van der Waals surface area contributed by atoms with Crippen LogP contribution >= 0.6 is 11.3 Å². The minimum Gasteiger partial charge on any atom is -0.387 e. The lowest BCUT2D eigenvalue weighted by atomic mass is 10.3. The third-order valence-corrected chi connectivity index (χ3v) is 2.27. The van der Waals surface area contributed by atoms with Crippen LogP contribution in [0, 0.1) is 0 Å². The van der Waals surface area contributed by atoms with Crippen molar-refractivity contribution in [3.63, 3.8) is 0 Å². The van der Waals surface area contributed by atoms with Crippen molar-refractivity contribution < 1.29 is 4.79 Å². The molecule has 0 unspecified atom stereocenters. The maximum Gasteiger partial charge on any atom is 0.169 e. The molecule has 0 spiro atoms. The fraction of sp³-hybridized carbons (Fsp3) is 0.286. The quantitative estimate of drug-likeness (QED) is 0.662. The second-order valence-corrected chi connectivity index (χ2v) is 2.92. The first-order valence-electron chi connectivity index (χ1n) is 3.01. The largest absolute Gasteiger partial charge is 0.387 e. The molecule has 0 aromatic carbocycles. The Kier molecular flexibility index (Phi) is 2.06. The summed E-state index contributed by atoms with van der Waals surface area (Å²) in [4.78, 5) is 11.6. The van der Waals surface area contributed by atoms with Crippen molar-refractivity contribution in [1.29, 1.82) is 0 Å². The summed E-state index contributed by atoms with van der Waals surface area (Å²) in [5.74, 6) is 0.131. The van der Waals surface area contributed by atoms with Crippen LogP contribution in [0.4, 0.5) is 5.69 Å². The first-order valence-corrected chi connectivity index (χ1v) is 3.89. The van der Waals surface area contributed by atoms with Gasteiger partial charge in [-0.05, 0) is 13.0 Å². The first kappa shape index (κ1) is 7.28. The molecule has 0 aliphatic heterocycles. The average Bonchev–Trinajstić information content (AvgIpc) is 2.34. The van der Waals surface area contributed by atoms with Gasteiger partial charge in [0.25, 0.3) is 0 Å². The van der Waals surface area contributed by atoms with Gasteiger partial charge in [0.05, 0.1) is 4.88 Å². The molecule has 0 atom stereocenters. The molecule has 0 fully saturated rings. The monoisotopic (exact) mass is 155 g/mol. The summed E-state index contributed by atoms with van der Waals surface area (Å²) in [6, 6.07) is 1.85. The van der Waals surface area contributed by atoms with Gasteiger partial charge in [0.15, 0.2) is 5.78 Å². The standard InChI is InChI=1S/C7H9NOS/c1-5(9)7-3-6(8-2)4-10-7/h3-4,8H,1-2H3. The Morgan fingerprint density at radius 3 is 2.70 bits per heavy atom. The van der Waals surface area contributed by atoms with Crippen LogP contribution in [0.15, 0.2) is 11.4 Å².